The van der Waals surface area contributed by atoms with Crippen LogP contribution in [0.25, 0.3) is 0 Å². The van der Waals surface area contributed by atoms with E-state index in [2.05, 4.69) is 10.6 Å². The molecule has 0 bridgehead atoms. The van der Waals surface area contributed by atoms with Crippen LogP contribution in [0.5, 0.6) is 0 Å². The number of nitrogens with one attached hydrogen (secondary N) is 3. The Balaban J connectivity index is 4.76. The maximum Gasteiger partial charge on any atom is 0.185 e. The zero-order valence-corrected chi connectivity index (χ0v) is 11.6. The first-order chi connectivity index (χ1) is 7.70. The molecule has 0 saturated heterocycles. The molecule has 0 saturated carbocycles. The number of ketones is 1. The topological polar surface area (TPSA) is 91.0 Å². The van der Waals surface area contributed by atoms with Gasteiger partial charge in [-0.25, -0.2) is 0 Å². The van der Waals surface area contributed by atoms with Gasteiger partial charge in [-0.15, -0.1) is 0 Å². The summed E-state index contributed by atoms with van der Waals surface area (Å²) >= 11 is 0. The SMILES string of the molecule is CCC(=O)C(CNC(=N)N)C(C)(C)NC(C)C. The molecule has 0 aromatic carbocycles. The van der Waals surface area contributed by atoms with Crippen LogP contribution in [0.3, 0.4) is 0 Å². The van der Waals surface area contributed by atoms with Crippen LogP contribution in [0.15, 0.2) is 0 Å². The van der Waals surface area contributed by atoms with Gasteiger partial charge in [-0.2, -0.15) is 0 Å². The van der Waals surface area contributed by atoms with Crippen molar-refractivity contribution >= 4 is 11.7 Å². The van der Waals surface area contributed by atoms with Gasteiger partial charge in [0.2, 0.25) is 0 Å². The third-order valence-electron chi connectivity index (χ3n) is 2.77. The molecule has 1 atom stereocenters. The smallest absolute Gasteiger partial charge is 0.185 e. The van der Waals surface area contributed by atoms with E-state index in [0.29, 0.717) is 19.0 Å². The lowest BCUT2D eigenvalue weighted by atomic mass is 9.82. The summed E-state index contributed by atoms with van der Waals surface area (Å²) in [4.78, 5) is 12.0. The molecule has 5 N–H and O–H groups in total. The lowest BCUT2D eigenvalue weighted by molar-refractivity contribution is -0.124. The number of rotatable bonds is 7. The fourth-order valence-electron chi connectivity index (χ4n) is 2.07. The Morgan fingerprint density at radius 2 is 1.94 bits per heavy atom. The highest BCUT2D eigenvalue weighted by atomic mass is 16.1. The van der Waals surface area contributed by atoms with Crippen molar-refractivity contribution < 1.29 is 4.79 Å². The first-order valence-corrected chi connectivity index (χ1v) is 6.09. The summed E-state index contributed by atoms with van der Waals surface area (Å²) < 4.78 is 0. The lowest BCUT2D eigenvalue weighted by Crippen LogP contribution is -2.55. The Kier molecular flexibility index (Phi) is 6.16. The maximum atomic E-state index is 12.0. The molecule has 100 valence electrons. The molecular formula is C12H26N4O. The molecule has 0 rings (SSSR count). The summed E-state index contributed by atoms with van der Waals surface area (Å²) in [5.41, 5.74) is 4.95. The van der Waals surface area contributed by atoms with Crippen molar-refractivity contribution in [1.29, 1.82) is 5.41 Å². The van der Waals surface area contributed by atoms with Crippen LogP contribution in [0.2, 0.25) is 0 Å². The zero-order valence-electron chi connectivity index (χ0n) is 11.6. The van der Waals surface area contributed by atoms with Gasteiger partial charge in [-0.3, -0.25) is 10.2 Å². The fourth-order valence-corrected chi connectivity index (χ4v) is 2.07. The molecule has 0 aliphatic heterocycles. The van der Waals surface area contributed by atoms with Gasteiger partial charge in [-0.05, 0) is 13.8 Å². The predicted molar refractivity (Wildman–Crippen MR) is 71.1 cm³/mol. The molecule has 0 aromatic heterocycles. The minimum Gasteiger partial charge on any atom is -0.370 e. The van der Waals surface area contributed by atoms with Crippen molar-refractivity contribution in [2.75, 3.05) is 6.54 Å². The summed E-state index contributed by atoms with van der Waals surface area (Å²) in [6.07, 6.45) is 0.494. The van der Waals surface area contributed by atoms with Crippen LogP contribution >= 0.6 is 0 Å². The number of carbonyl (C=O) groups is 1. The van der Waals surface area contributed by atoms with Gasteiger partial charge in [0.25, 0.3) is 0 Å². The fraction of sp³-hybridized carbons (Fsp3) is 0.833. The van der Waals surface area contributed by atoms with Gasteiger partial charge in [0.05, 0.1) is 5.92 Å². The monoisotopic (exact) mass is 242 g/mol. The second-order valence-corrected chi connectivity index (χ2v) is 5.19. The van der Waals surface area contributed by atoms with E-state index in [1.807, 2.05) is 34.6 Å². The Bertz CT molecular complexity index is 274. The second kappa shape index (κ2) is 6.59. The van der Waals surface area contributed by atoms with Gasteiger partial charge in [-0.1, -0.05) is 20.8 Å². The van der Waals surface area contributed by atoms with Crippen LogP contribution in [-0.2, 0) is 4.79 Å². The molecule has 1 unspecified atom stereocenters. The third kappa shape index (κ3) is 5.68. The van der Waals surface area contributed by atoms with Gasteiger partial charge < -0.3 is 16.4 Å². The van der Waals surface area contributed by atoms with Crippen molar-refractivity contribution in [2.45, 2.75) is 52.6 Å². The predicted octanol–water partition coefficient (Wildman–Crippen LogP) is 0.841. The number of hydrogen-bond acceptors (Lipinski definition) is 3. The molecular weight excluding hydrogens is 216 g/mol. The molecule has 17 heavy (non-hydrogen) atoms. The van der Waals surface area contributed by atoms with E-state index in [4.69, 9.17) is 11.1 Å². The summed E-state index contributed by atoms with van der Waals surface area (Å²) in [7, 11) is 0. The normalized spacial score (nSPS) is 13.5. The minimum atomic E-state index is -0.316. The molecule has 0 heterocycles. The first kappa shape index (κ1) is 15.9. The highest BCUT2D eigenvalue weighted by molar-refractivity contribution is 5.83. The van der Waals surface area contributed by atoms with Crippen LogP contribution in [0, 0.1) is 11.3 Å². The summed E-state index contributed by atoms with van der Waals surface area (Å²) in [5, 5.41) is 13.3. The van der Waals surface area contributed by atoms with E-state index in [9.17, 15) is 4.79 Å². The Morgan fingerprint density at radius 1 is 1.41 bits per heavy atom. The zero-order chi connectivity index (χ0) is 13.6. The third-order valence-corrected chi connectivity index (χ3v) is 2.77. The van der Waals surface area contributed by atoms with Crippen LogP contribution in [0.4, 0.5) is 0 Å². The molecule has 0 amide bonds. The molecule has 5 heteroatoms. The van der Waals surface area contributed by atoms with Gasteiger partial charge in [0.15, 0.2) is 5.96 Å². The Labute approximate surface area is 104 Å². The number of guanidine groups is 1. The van der Waals surface area contributed by atoms with Gasteiger partial charge in [0, 0.05) is 24.5 Å². The Morgan fingerprint density at radius 3 is 2.29 bits per heavy atom. The molecule has 0 fully saturated rings. The average Bonchev–Trinajstić information content (AvgIpc) is 2.14. The van der Waals surface area contributed by atoms with E-state index in [1.165, 1.54) is 0 Å². The molecule has 0 aromatic rings. The maximum absolute atomic E-state index is 12.0. The highest BCUT2D eigenvalue weighted by Crippen LogP contribution is 2.19. The van der Waals surface area contributed by atoms with Crippen molar-refractivity contribution in [3.05, 3.63) is 0 Å². The van der Waals surface area contributed by atoms with Crippen LogP contribution in [0.1, 0.15) is 41.0 Å². The summed E-state index contributed by atoms with van der Waals surface area (Å²) in [6, 6.07) is 0.300. The van der Waals surface area contributed by atoms with E-state index in [1.54, 1.807) is 0 Å². The highest BCUT2D eigenvalue weighted by Gasteiger charge is 2.34. The molecule has 5 nitrogen and oxygen atoms in total. The van der Waals surface area contributed by atoms with Crippen molar-refractivity contribution in [1.82, 2.24) is 10.6 Å². The van der Waals surface area contributed by atoms with E-state index >= 15 is 0 Å². The lowest BCUT2D eigenvalue weighted by Gasteiger charge is -2.36. The number of hydrogen-bond donors (Lipinski definition) is 4. The van der Waals surface area contributed by atoms with E-state index in [-0.39, 0.29) is 23.2 Å². The van der Waals surface area contributed by atoms with Gasteiger partial charge in [0.1, 0.15) is 5.78 Å². The van der Waals surface area contributed by atoms with Crippen LogP contribution < -0.4 is 16.4 Å². The second-order valence-electron chi connectivity index (χ2n) is 5.19. The van der Waals surface area contributed by atoms with Crippen LogP contribution in [-0.4, -0.2) is 29.9 Å². The van der Waals surface area contributed by atoms with Crippen molar-refractivity contribution in [3.63, 3.8) is 0 Å². The molecule has 0 spiro atoms. The minimum absolute atomic E-state index is 0.0979. The largest absolute Gasteiger partial charge is 0.370 e. The summed E-state index contributed by atoms with van der Waals surface area (Å²) in [6.45, 7) is 10.4. The molecule has 0 radical (unpaired) electrons. The van der Waals surface area contributed by atoms with Crippen molar-refractivity contribution in [3.8, 4) is 0 Å². The van der Waals surface area contributed by atoms with E-state index in [0.717, 1.165) is 0 Å². The average molecular weight is 242 g/mol. The standard InChI is InChI=1S/C12H26N4O/c1-6-10(17)9(7-15-11(13)14)12(4,5)16-8(2)3/h8-9,16H,6-7H2,1-5H3,(H4,13,14,15). The van der Waals surface area contributed by atoms with E-state index < -0.39 is 0 Å². The quantitative estimate of drug-likeness (QED) is 0.393. The number of nitrogens with two attached hydrogens (primary N) is 1. The number of carbonyl (C=O) groups excluding carboxylic acids is 1. The number of Topliss-reactive ketones (excluding diaryl/α,β-unsaturated/α-hetero) is 1. The van der Waals surface area contributed by atoms with Gasteiger partial charge >= 0.3 is 0 Å². The van der Waals surface area contributed by atoms with Crippen molar-refractivity contribution in [2.24, 2.45) is 11.7 Å². The summed E-state index contributed by atoms with van der Waals surface area (Å²) in [5.74, 6) is -0.116. The molecule has 0 aliphatic rings. The Hall–Kier alpha value is -1.10. The first-order valence-electron chi connectivity index (χ1n) is 6.09. The molecule has 0 aliphatic carbocycles.